The second-order valence-electron chi connectivity index (χ2n) is 6.36. The standard InChI is InChI=1S/C21H26N2O2/c1-3-18(17-9-5-4-6-10-17)21(24)23-15-13-22(14-16-23)19-11-7-8-12-20(19)25-2/h4-12,18H,3,13-16H2,1-2H3/t18-/m1/s1. The Hall–Kier alpha value is -2.49. The number of amides is 1. The molecule has 0 unspecified atom stereocenters. The van der Waals surface area contributed by atoms with Gasteiger partial charge in [-0.3, -0.25) is 4.79 Å². The van der Waals surface area contributed by atoms with E-state index in [2.05, 4.69) is 30.0 Å². The number of para-hydroxylation sites is 2. The highest BCUT2D eigenvalue weighted by molar-refractivity contribution is 5.84. The van der Waals surface area contributed by atoms with E-state index in [-0.39, 0.29) is 11.8 Å². The Balaban J connectivity index is 1.66. The largest absolute Gasteiger partial charge is 0.495 e. The first-order chi connectivity index (χ1) is 12.2. The molecular weight excluding hydrogens is 312 g/mol. The van der Waals surface area contributed by atoms with Gasteiger partial charge in [-0.2, -0.15) is 0 Å². The van der Waals surface area contributed by atoms with Gasteiger partial charge < -0.3 is 14.5 Å². The van der Waals surface area contributed by atoms with E-state index in [1.54, 1.807) is 7.11 Å². The fourth-order valence-corrected chi connectivity index (χ4v) is 3.52. The smallest absolute Gasteiger partial charge is 0.230 e. The van der Waals surface area contributed by atoms with E-state index in [9.17, 15) is 4.79 Å². The van der Waals surface area contributed by atoms with Crippen molar-refractivity contribution in [2.45, 2.75) is 19.3 Å². The topological polar surface area (TPSA) is 32.8 Å². The molecule has 0 aromatic heterocycles. The fraction of sp³-hybridized carbons (Fsp3) is 0.381. The van der Waals surface area contributed by atoms with Crippen LogP contribution < -0.4 is 9.64 Å². The van der Waals surface area contributed by atoms with Gasteiger partial charge in [0.15, 0.2) is 0 Å². The Kier molecular flexibility index (Phi) is 5.59. The second kappa shape index (κ2) is 8.06. The first-order valence-corrected chi connectivity index (χ1v) is 8.96. The summed E-state index contributed by atoms with van der Waals surface area (Å²) in [6.45, 7) is 5.25. The van der Waals surface area contributed by atoms with Crippen molar-refractivity contribution in [2.24, 2.45) is 0 Å². The van der Waals surface area contributed by atoms with E-state index in [4.69, 9.17) is 4.74 Å². The van der Waals surface area contributed by atoms with Gasteiger partial charge in [-0.05, 0) is 24.1 Å². The zero-order valence-electron chi connectivity index (χ0n) is 15.0. The normalized spacial score (nSPS) is 15.8. The molecule has 4 nitrogen and oxygen atoms in total. The van der Waals surface area contributed by atoms with Gasteiger partial charge in [-0.15, -0.1) is 0 Å². The minimum atomic E-state index is -0.0426. The maximum absolute atomic E-state index is 13.0. The summed E-state index contributed by atoms with van der Waals surface area (Å²) in [5.41, 5.74) is 2.22. The summed E-state index contributed by atoms with van der Waals surface area (Å²) in [6, 6.07) is 18.2. The van der Waals surface area contributed by atoms with Crippen molar-refractivity contribution in [3.05, 3.63) is 60.2 Å². The monoisotopic (exact) mass is 338 g/mol. The van der Waals surface area contributed by atoms with Gasteiger partial charge in [-0.1, -0.05) is 49.4 Å². The maximum Gasteiger partial charge on any atom is 0.230 e. The van der Waals surface area contributed by atoms with E-state index in [0.717, 1.165) is 49.6 Å². The summed E-state index contributed by atoms with van der Waals surface area (Å²) in [7, 11) is 1.70. The van der Waals surface area contributed by atoms with E-state index >= 15 is 0 Å². The van der Waals surface area contributed by atoms with E-state index in [0.29, 0.717) is 0 Å². The van der Waals surface area contributed by atoms with Crippen molar-refractivity contribution in [3.8, 4) is 5.75 Å². The Morgan fingerprint density at radius 1 is 1.00 bits per heavy atom. The lowest BCUT2D eigenvalue weighted by Crippen LogP contribution is -2.50. The van der Waals surface area contributed by atoms with Gasteiger partial charge in [-0.25, -0.2) is 0 Å². The third-order valence-electron chi connectivity index (χ3n) is 4.93. The zero-order valence-corrected chi connectivity index (χ0v) is 15.0. The molecule has 1 aliphatic rings. The molecule has 25 heavy (non-hydrogen) atoms. The van der Waals surface area contributed by atoms with Crippen LogP contribution in [0.4, 0.5) is 5.69 Å². The lowest BCUT2D eigenvalue weighted by Gasteiger charge is -2.38. The van der Waals surface area contributed by atoms with Crippen molar-refractivity contribution in [2.75, 3.05) is 38.2 Å². The van der Waals surface area contributed by atoms with Crippen molar-refractivity contribution in [1.82, 2.24) is 4.90 Å². The van der Waals surface area contributed by atoms with Gasteiger partial charge in [0.05, 0.1) is 18.7 Å². The number of nitrogens with zero attached hydrogens (tertiary/aromatic N) is 2. The van der Waals surface area contributed by atoms with E-state index in [1.165, 1.54) is 0 Å². The highest BCUT2D eigenvalue weighted by Crippen LogP contribution is 2.29. The molecule has 2 aromatic rings. The Bertz CT molecular complexity index is 694. The summed E-state index contributed by atoms with van der Waals surface area (Å²) in [5, 5.41) is 0. The number of hydrogen-bond donors (Lipinski definition) is 0. The van der Waals surface area contributed by atoms with Crippen molar-refractivity contribution in [1.29, 1.82) is 0 Å². The molecule has 1 atom stereocenters. The summed E-state index contributed by atoms with van der Waals surface area (Å²) >= 11 is 0. The molecule has 132 valence electrons. The molecule has 1 aliphatic heterocycles. The number of carbonyl (C=O) groups excluding carboxylic acids is 1. The SMILES string of the molecule is CC[C@@H](C(=O)N1CCN(c2ccccc2OC)CC1)c1ccccc1. The van der Waals surface area contributed by atoms with E-state index < -0.39 is 0 Å². The molecule has 0 spiro atoms. The molecule has 4 heteroatoms. The number of benzene rings is 2. The van der Waals surface area contributed by atoms with Crippen LogP contribution in [0.25, 0.3) is 0 Å². The Morgan fingerprint density at radius 3 is 2.28 bits per heavy atom. The third kappa shape index (κ3) is 3.78. The molecule has 0 aliphatic carbocycles. The maximum atomic E-state index is 13.0. The average Bonchev–Trinajstić information content (AvgIpc) is 2.69. The lowest BCUT2D eigenvalue weighted by atomic mass is 9.95. The molecule has 1 saturated heterocycles. The summed E-state index contributed by atoms with van der Waals surface area (Å²) in [4.78, 5) is 17.3. The van der Waals surface area contributed by atoms with Gasteiger partial charge in [0.2, 0.25) is 5.91 Å². The Morgan fingerprint density at radius 2 is 1.64 bits per heavy atom. The zero-order chi connectivity index (χ0) is 17.6. The van der Waals surface area contributed by atoms with Crippen molar-refractivity contribution in [3.63, 3.8) is 0 Å². The molecule has 1 heterocycles. The molecule has 1 fully saturated rings. The number of methoxy groups -OCH3 is 1. The minimum absolute atomic E-state index is 0.0426. The van der Waals surface area contributed by atoms with Crippen LogP contribution in [0.2, 0.25) is 0 Å². The quantitative estimate of drug-likeness (QED) is 0.836. The highest BCUT2D eigenvalue weighted by Gasteiger charge is 2.28. The predicted octanol–water partition coefficient (Wildman–Crippen LogP) is 3.54. The van der Waals surface area contributed by atoms with Gasteiger partial charge in [0.25, 0.3) is 0 Å². The molecular formula is C21H26N2O2. The lowest BCUT2D eigenvalue weighted by molar-refractivity contribution is -0.133. The number of rotatable bonds is 5. The number of ether oxygens (including phenoxy) is 1. The summed E-state index contributed by atoms with van der Waals surface area (Å²) < 4.78 is 5.46. The number of carbonyl (C=O) groups is 1. The van der Waals surface area contributed by atoms with Crippen molar-refractivity contribution < 1.29 is 9.53 Å². The molecule has 1 amide bonds. The third-order valence-corrected chi connectivity index (χ3v) is 4.93. The van der Waals surface area contributed by atoms with Crippen LogP contribution in [-0.4, -0.2) is 44.1 Å². The van der Waals surface area contributed by atoms with Crippen LogP contribution in [-0.2, 0) is 4.79 Å². The molecule has 2 aromatic carbocycles. The number of anilines is 1. The fourth-order valence-electron chi connectivity index (χ4n) is 3.52. The molecule has 0 bridgehead atoms. The molecule has 3 rings (SSSR count). The molecule has 0 radical (unpaired) electrons. The molecule has 0 saturated carbocycles. The van der Waals surface area contributed by atoms with Crippen LogP contribution in [0.15, 0.2) is 54.6 Å². The first-order valence-electron chi connectivity index (χ1n) is 8.96. The predicted molar refractivity (Wildman–Crippen MR) is 101 cm³/mol. The summed E-state index contributed by atoms with van der Waals surface area (Å²) in [6.07, 6.45) is 0.829. The summed E-state index contributed by atoms with van der Waals surface area (Å²) in [5.74, 6) is 1.09. The Labute approximate surface area is 150 Å². The van der Waals surface area contributed by atoms with E-state index in [1.807, 2.05) is 41.3 Å². The van der Waals surface area contributed by atoms with Crippen LogP contribution in [0.1, 0.15) is 24.8 Å². The van der Waals surface area contributed by atoms with Gasteiger partial charge in [0, 0.05) is 26.2 Å². The minimum Gasteiger partial charge on any atom is -0.495 e. The van der Waals surface area contributed by atoms with Gasteiger partial charge in [0.1, 0.15) is 5.75 Å². The van der Waals surface area contributed by atoms with Crippen LogP contribution >= 0.6 is 0 Å². The first kappa shape index (κ1) is 17.3. The molecule has 0 N–H and O–H groups in total. The number of hydrogen-bond acceptors (Lipinski definition) is 3. The highest BCUT2D eigenvalue weighted by atomic mass is 16.5. The van der Waals surface area contributed by atoms with Crippen LogP contribution in [0, 0.1) is 0 Å². The second-order valence-corrected chi connectivity index (χ2v) is 6.36. The van der Waals surface area contributed by atoms with Crippen LogP contribution in [0.3, 0.4) is 0 Å². The van der Waals surface area contributed by atoms with Gasteiger partial charge >= 0.3 is 0 Å². The van der Waals surface area contributed by atoms with Crippen molar-refractivity contribution >= 4 is 11.6 Å². The van der Waals surface area contributed by atoms with Crippen LogP contribution in [0.5, 0.6) is 5.75 Å². The average molecular weight is 338 g/mol. The number of piperazine rings is 1.